The monoisotopic (exact) mass is 350 g/mol. The summed E-state index contributed by atoms with van der Waals surface area (Å²) in [6.07, 6.45) is -0.593. The van der Waals surface area contributed by atoms with Gasteiger partial charge < -0.3 is 9.47 Å². The fourth-order valence-electron chi connectivity index (χ4n) is 0.552. The maximum absolute atomic E-state index is 10.8. The van der Waals surface area contributed by atoms with E-state index in [0.717, 1.165) is 0 Å². The topological polar surface area (TPSA) is 52.6 Å². The first kappa shape index (κ1) is 14.2. The van der Waals surface area contributed by atoms with Crippen LogP contribution in [-0.4, -0.2) is 41.2 Å². The Hall–Kier alpha value is 0.190. The summed E-state index contributed by atoms with van der Waals surface area (Å²) >= 11 is 11.4. The van der Waals surface area contributed by atoms with Gasteiger partial charge in [0.1, 0.15) is 23.4 Å². The third kappa shape index (κ3) is 6.62. The molecule has 0 fully saturated rings. The Labute approximate surface area is 104 Å². The Morgan fingerprint density at radius 3 is 2.21 bits per heavy atom. The van der Waals surface area contributed by atoms with Crippen LogP contribution < -0.4 is 0 Å². The maximum Gasteiger partial charge on any atom is 0.316 e. The van der Waals surface area contributed by atoms with Crippen molar-refractivity contribution < 1.29 is 19.1 Å². The molecule has 0 aromatic heterocycles. The van der Waals surface area contributed by atoms with Crippen molar-refractivity contribution in [2.45, 2.75) is 6.10 Å². The zero-order chi connectivity index (χ0) is 11.0. The predicted molar refractivity (Wildman–Crippen MR) is 59.1 cm³/mol. The molecule has 4 nitrogen and oxygen atoms in total. The van der Waals surface area contributed by atoms with Crippen LogP contribution in [0.15, 0.2) is 0 Å². The molecular weight excluding hydrogens is 343 g/mol. The fourth-order valence-corrected chi connectivity index (χ4v) is 0.998. The quantitative estimate of drug-likeness (QED) is 0.537. The van der Waals surface area contributed by atoms with Gasteiger partial charge in [0.15, 0.2) is 0 Å². The van der Waals surface area contributed by atoms with Crippen molar-refractivity contribution in [1.82, 2.24) is 0 Å². The van der Waals surface area contributed by atoms with Gasteiger partial charge in [0, 0.05) is 0 Å². The van der Waals surface area contributed by atoms with E-state index in [1.54, 1.807) is 0 Å². The summed E-state index contributed by atoms with van der Waals surface area (Å²) in [5.41, 5.74) is 0. The van der Waals surface area contributed by atoms with Crippen molar-refractivity contribution in [3.63, 3.8) is 0 Å². The van der Waals surface area contributed by atoms with Crippen LogP contribution in [-0.2, 0) is 19.1 Å². The first-order valence-corrected chi connectivity index (χ1v) is 6.44. The molecule has 0 aliphatic carbocycles. The van der Waals surface area contributed by atoms with E-state index in [9.17, 15) is 9.59 Å². The molecular formula is C7H9Br2ClO4. The second-order valence-corrected chi connectivity index (χ2v) is 3.65. The number of ether oxygens (including phenoxy) is 2. The molecule has 0 saturated heterocycles. The Morgan fingerprint density at radius 2 is 1.79 bits per heavy atom. The number of hydrogen-bond acceptors (Lipinski definition) is 4. The third-order valence-electron chi connectivity index (χ3n) is 1.12. The van der Waals surface area contributed by atoms with E-state index in [-0.39, 0.29) is 23.1 Å². The highest BCUT2D eigenvalue weighted by molar-refractivity contribution is 9.09. The van der Waals surface area contributed by atoms with Crippen molar-refractivity contribution in [3.8, 4) is 0 Å². The number of alkyl halides is 3. The van der Waals surface area contributed by atoms with Gasteiger partial charge in [-0.1, -0.05) is 31.9 Å². The molecule has 0 bridgehead atoms. The van der Waals surface area contributed by atoms with Crippen LogP contribution >= 0.6 is 43.5 Å². The summed E-state index contributed by atoms with van der Waals surface area (Å²) in [6.45, 7) is -0.0212. The Bertz CT molecular complexity index is 200. The first-order valence-electron chi connectivity index (χ1n) is 3.67. The van der Waals surface area contributed by atoms with Crippen LogP contribution in [0.5, 0.6) is 0 Å². The van der Waals surface area contributed by atoms with Gasteiger partial charge in [0.25, 0.3) is 0 Å². The van der Waals surface area contributed by atoms with Crippen molar-refractivity contribution in [2.75, 3.05) is 23.1 Å². The summed E-state index contributed by atoms with van der Waals surface area (Å²) in [5, 5.41) is 0.196. The second kappa shape index (κ2) is 8.49. The van der Waals surface area contributed by atoms with Crippen LogP contribution in [0.4, 0.5) is 0 Å². The lowest BCUT2D eigenvalue weighted by atomic mass is 10.4. The highest BCUT2D eigenvalue weighted by Gasteiger charge is 2.14. The van der Waals surface area contributed by atoms with Gasteiger partial charge in [-0.3, -0.25) is 9.59 Å². The van der Waals surface area contributed by atoms with E-state index in [4.69, 9.17) is 21.1 Å². The second-order valence-electron chi connectivity index (χ2n) is 2.22. The van der Waals surface area contributed by atoms with Crippen LogP contribution in [0.3, 0.4) is 0 Å². The average Bonchev–Trinajstić information content (AvgIpc) is 2.22. The normalized spacial score (nSPS) is 11.9. The molecule has 0 aromatic rings. The van der Waals surface area contributed by atoms with E-state index in [1.165, 1.54) is 0 Å². The maximum atomic E-state index is 10.8. The highest BCUT2D eigenvalue weighted by atomic mass is 79.9. The van der Waals surface area contributed by atoms with Gasteiger partial charge in [0.2, 0.25) is 0 Å². The SMILES string of the molecule is O=C(CBr)OC[C@@H](CCl)OC(=O)CBr. The summed E-state index contributed by atoms with van der Waals surface area (Å²) in [4.78, 5) is 21.5. The number of hydrogen-bond donors (Lipinski definition) is 0. The van der Waals surface area contributed by atoms with Gasteiger partial charge in [-0.25, -0.2) is 0 Å². The van der Waals surface area contributed by atoms with Gasteiger partial charge in [0.05, 0.1) is 5.88 Å². The van der Waals surface area contributed by atoms with E-state index in [0.29, 0.717) is 0 Å². The number of halogens is 3. The molecule has 0 aliphatic rings. The van der Waals surface area contributed by atoms with Crippen LogP contribution in [0.1, 0.15) is 0 Å². The molecule has 0 heterocycles. The molecule has 0 N–H and O–H groups in total. The Kier molecular flexibility index (Phi) is 8.61. The molecule has 0 saturated carbocycles. The number of carbonyl (C=O) groups is 2. The number of rotatable bonds is 6. The minimum absolute atomic E-state index is 0.0212. The van der Waals surface area contributed by atoms with E-state index in [1.807, 2.05) is 0 Å². The molecule has 0 aliphatic heterocycles. The molecule has 0 amide bonds. The number of carbonyl (C=O) groups excluding carboxylic acids is 2. The summed E-state index contributed by atoms with van der Waals surface area (Å²) in [5.74, 6) is -0.769. The lowest BCUT2D eigenvalue weighted by Crippen LogP contribution is -2.27. The van der Waals surface area contributed by atoms with Gasteiger partial charge in [-0.15, -0.1) is 11.6 Å². The van der Waals surface area contributed by atoms with Crippen molar-refractivity contribution in [3.05, 3.63) is 0 Å². The van der Waals surface area contributed by atoms with Gasteiger partial charge in [-0.05, 0) is 0 Å². The molecule has 0 unspecified atom stereocenters. The zero-order valence-corrected chi connectivity index (χ0v) is 11.1. The molecule has 1 atom stereocenters. The fraction of sp³-hybridized carbons (Fsp3) is 0.714. The minimum atomic E-state index is -0.593. The van der Waals surface area contributed by atoms with Crippen molar-refractivity contribution in [1.29, 1.82) is 0 Å². The van der Waals surface area contributed by atoms with E-state index in [2.05, 4.69) is 31.9 Å². The summed E-state index contributed by atoms with van der Waals surface area (Å²) in [6, 6.07) is 0. The van der Waals surface area contributed by atoms with Gasteiger partial charge >= 0.3 is 11.9 Å². The molecule has 82 valence electrons. The third-order valence-corrected chi connectivity index (χ3v) is 2.38. The van der Waals surface area contributed by atoms with Crippen LogP contribution in [0, 0.1) is 0 Å². The molecule has 0 aromatic carbocycles. The van der Waals surface area contributed by atoms with E-state index >= 15 is 0 Å². The Balaban J connectivity index is 3.79. The summed E-state index contributed by atoms with van der Waals surface area (Å²) in [7, 11) is 0. The Morgan fingerprint density at radius 1 is 1.21 bits per heavy atom. The smallest absolute Gasteiger partial charge is 0.316 e. The number of esters is 2. The standard InChI is InChI=1S/C7H9Br2ClO4/c8-1-6(11)13-4-5(3-10)14-7(12)2-9/h5H,1-4H2/t5-/m1/s1. The van der Waals surface area contributed by atoms with E-state index < -0.39 is 18.0 Å². The van der Waals surface area contributed by atoms with Crippen molar-refractivity contribution in [2.24, 2.45) is 0 Å². The lowest BCUT2D eigenvalue weighted by molar-refractivity contribution is -0.154. The molecule has 0 spiro atoms. The highest BCUT2D eigenvalue weighted by Crippen LogP contribution is 2.00. The summed E-state index contributed by atoms with van der Waals surface area (Å²) < 4.78 is 9.56. The molecule has 0 radical (unpaired) electrons. The van der Waals surface area contributed by atoms with Crippen LogP contribution in [0.25, 0.3) is 0 Å². The average molecular weight is 352 g/mol. The molecule has 0 rings (SSSR count). The van der Waals surface area contributed by atoms with Crippen LogP contribution in [0.2, 0.25) is 0 Å². The molecule has 7 heteroatoms. The zero-order valence-electron chi connectivity index (χ0n) is 7.17. The minimum Gasteiger partial charge on any atom is -0.461 e. The molecule has 14 heavy (non-hydrogen) atoms. The van der Waals surface area contributed by atoms with Crippen molar-refractivity contribution >= 4 is 55.4 Å². The largest absolute Gasteiger partial charge is 0.461 e. The lowest BCUT2D eigenvalue weighted by Gasteiger charge is -2.14. The van der Waals surface area contributed by atoms with Gasteiger partial charge in [-0.2, -0.15) is 0 Å². The first-order chi connectivity index (χ1) is 6.63. The predicted octanol–water partition coefficient (Wildman–Crippen LogP) is 1.47.